The smallest absolute Gasteiger partial charge is 0.272 e. The van der Waals surface area contributed by atoms with Crippen LogP contribution in [0.25, 0.3) is 0 Å². The van der Waals surface area contributed by atoms with Crippen molar-refractivity contribution in [3.05, 3.63) is 17.5 Å². The molecule has 0 bridgehead atoms. The third-order valence-electron chi connectivity index (χ3n) is 2.18. The van der Waals surface area contributed by atoms with Crippen LogP contribution in [0.5, 0.6) is 0 Å². The van der Waals surface area contributed by atoms with Gasteiger partial charge >= 0.3 is 0 Å². The standard InChI is InChI=1S/C10H18N4O/c1-6(2)8-4-9(14-13-8)10(15)12-7(3)5-11/h4,6-7H,5,11H2,1-3H3,(H,12,15)(H,13,14). The lowest BCUT2D eigenvalue weighted by molar-refractivity contribution is 0.0936. The molecule has 1 aromatic heterocycles. The molecule has 1 rings (SSSR count). The molecule has 84 valence electrons. The van der Waals surface area contributed by atoms with Gasteiger partial charge in [0.1, 0.15) is 5.69 Å². The molecule has 1 aromatic rings. The van der Waals surface area contributed by atoms with E-state index in [1.165, 1.54) is 0 Å². The first-order valence-corrected chi connectivity index (χ1v) is 5.10. The Bertz CT molecular complexity index is 332. The van der Waals surface area contributed by atoms with Crippen LogP contribution in [0.3, 0.4) is 0 Å². The monoisotopic (exact) mass is 210 g/mol. The van der Waals surface area contributed by atoms with E-state index in [0.717, 1.165) is 5.69 Å². The molecular formula is C10H18N4O. The number of hydrogen-bond acceptors (Lipinski definition) is 3. The SMILES string of the molecule is CC(CN)NC(=O)c1cc(C(C)C)[nH]n1. The Kier molecular flexibility index (Phi) is 3.85. The van der Waals surface area contributed by atoms with E-state index in [1.54, 1.807) is 6.07 Å². The van der Waals surface area contributed by atoms with Crippen molar-refractivity contribution in [1.29, 1.82) is 0 Å². The molecule has 0 fully saturated rings. The van der Waals surface area contributed by atoms with Crippen molar-refractivity contribution in [2.24, 2.45) is 5.73 Å². The number of carbonyl (C=O) groups excluding carboxylic acids is 1. The predicted octanol–water partition coefficient (Wildman–Crippen LogP) is 0.610. The number of nitrogens with two attached hydrogens (primary N) is 1. The lowest BCUT2D eigenvalue weighted by Crippen LogP contribution is -2.37. The molecular weight excluding hydrogens is 192 g/mol. The van der Waals surface area contributed by atoms with Crippen LogP contribution in [-0.2, 0) is 0 Å². The van der Waals surface area contributed by atoms with E-state index in [9.17, 15) is 4.79 Å². The fraction of sp³-hybridized carbons (Fsp3) is 0.600. The minimum atomic E-state index is -0.184. The number of aromatic nitrogens is 2. The molecule has 0 aliphatic carbocycles. The van der Waals surface area contributed by atoms with E-state index in [0.29, 0.717) is 18.2 Å². The Morgan fingerprint density at radius 1 is 1.60 bits per heavy atom. The summed E-state index contributed by atoms with van der Waals surface area (Å²) in [7, 11) is 0. The maximum Gasteiger partial charge on any atom is 0.272 e. The molecule has 5 heteroatoms. The van der Waals surface area contributed by atoms with Gasteiger partial charge in [0, 0.05) is 18.3 Å². The lowest BCUT2D eigenvalue weighted by Gasteiger charge is -2.08. The van der Waals surface area contributed by atoms with Crippen LogP contribution >= 0.6 is 0 Å². The van der Waals surface area contributed by atoms with E-state index in [-0.39, 0.29) is 11.9 Å². The number of H-pyrrole nitrogens is 1. The topological polar surface area (TPSA) is 83.8 Å². The molecule has 1 heterocycles. The van der Waals surface area contributed by atoms with Gasteiger partial charge in [0.05, 0.1) is 0 Å². The maximum absolute atomic E-state index is 11.6. The molecule has 1 amide bonds. The Balaban J connectivity index is 2.66. The zero-order valence-corrected chi connectivity index (χ0v) is 9.37. The molecule has 0 saturated carbocycles. The molecule has 15 heavy (non-hydrogen) atoms. The number of carbonyl (C=O) groups is 1. The summed E-state index contributed by atoms with van der Waals surface area (Å²) in [6, 6.07) is 1.74. The number of nitrogens with one attached hydrogen (secondary N) is 2. The maximum atomic E-state index is 11.6. The highest BCUT2D eigenvalue weighted by Crippen LogP contribution is 2.11. The quantitative estimate of drug-likeness (QED) is 0.680. The van der Waals surface area contributed by atoms with Crippen LogP contribution in [0, 0.1) is 0 Å². The summed E-state index contributed by atoms with van der Waals surface area (Å²) >= 11 is 0. The molecule has 5 nitrogen and oxygen atoms in total. The van der Waals surface area contributed by atoms with Crippen molar-refractivity contribution in [2.45, 2.75) is 32.7 Å². The van der Waals surface area contributed by atoms with Crippen molar-refractivity contribution in [2.75, 3.05) is 6.54 Å². The van der Waals surface area contributed by atoms with Gasteiger partial charge in [-0.25, -0.2) is 0 Å². The third kappa shape index (κ3) is 3.06. The molecule has 1 unspecified atom stereocenters. The summed E-state index contributed by atoms with van der Waals surface area (Å²) in [4.78, 5) is 11.6. The highest BCUT2D eigenvalue weighted by Gasteiger charge is 2.13. The first-order chi connectivity index (χ1) is 7.04. The normalized spacial score (nSPS) is 12.9. The largest absolute Gasteiger partial charge is 0.347 e. The van der Waals surface area contributed by atoms with Gasteiger partial charge in [-0.05, 0) is 18.9 Å². The summed E-state index contributed by atoms with van der Waals surface area (Å²) in [5.74, 6) is 0.155. The highest BCUT2D eigenvalue weighted by molar-refractivity contribution is 5.92. The zero-order valence-electron chi connectivity index (χ0n) is 9.37. The molecule has 0 spiro atoms. The van der Waals surface area contributed by atoms with Gasteiger partial charge in [-0.3, -0.25) is 9.89 Å². The van der Waals surface area contributed by atoms with E-state index in [1.807, 2.05) is 20.8 Å². The summed E-state index contributed by atoms with van der Waals surface area (Å²) in [6.07, 6.45) is 0. The van der Waals surface area contributed by atoms with Crippen LogP contribution in [0.2, 0.25) is 0 Å². The van der Waals surface area contributed by atoms with Crippen LogP contribution in [0.4, 0.5) is 0 Å². The van der Waals surface area contributed by atoms with Gasteiger partial charge in [-0.15, -0.1) is 0 Å². The van der Waals surface area contributed by atoms with Gasteiger partial charge < -0.3 is 11.1 Å². The summed E-state index contributed by atoms with van der Waals surface area (Å²) in [5.41, 5.74) is 6.78. The summed E-state index contributed by atoms with van der Waals surface area (Å²) in [6.45, 7) is 6.36. The van der Waals surface area contributed by atoms with Gasteiger partial charge in [-0.1, -0.05) is 13.8 Å². The van der Waals surface area contributed by atoms with Gasteiger partial charge in [-0.2, -0.15) is 5.10 Å². The van der Waals surface area contributed by atoms with E-state index >= 15 is 0 Å². The summed E-state index contributed by atoms with van der Waals surface area (Å²) < 4.78 is 0. The molecule has 0 aliphatic rings. The van der Waals surface area contributed by atoms with Crippen molar-refractivity contribution in [3.63, 3.8) is 0 Å². The zero-order chi connectivity index (χ0) is 11.4. The molecule has 0 radical (unpaired) electrons. The van der Waals surface area contributed by atoms with Gasteiger partial charge in [0.25, 0.3) is 5.91 Å². The third-order valence-corrected chi connectivity index (χ3v) is 2.18. The minimum Gasteiger partial charge on any atom is -0.347 e. The average Bonchev–Trinajstić information content (AvgIpc) is 2.66. The van der Waals surface area contributed by atoms with Crippen LogP contribution < -0.4 is 11.1 Å². The fourth-order valence-electron chi connectivity index (χ4n) is 1.11. The molecule has 0 aromatic carbocycles. The lowest BCUT2D eigenvalue weighted by atomic mass is 10.1. The van der Waals surface area contributed by atoms with Crippen molar-refractivity contribution in [3.8, 4) is 0 Å². The molecule has 1 atom stereocenters. The Morgan fingerprint density at radius 3 is 2.73 bits per heavy atom. The predicted molar refractivity (Wildman–Crippen MR) is 58.7 cm³/mol. The first kappa shape index (κ1) is 11.7. The number of nitrogens with zero attached hydrogens (tertiary/aromatic N) is 1. The van der Waals surface area contributed by atoms with E-state index in [2.05, 4.69) is 15.5 Å². The minimum absolute atomic E-state index is 0.0308. The molecule has 0 aliphatic heterocycles. The second kappa shape index (κ2) is 4.93. The second-order valence-corrected chi connectivity index (χ2v) is 3.97. The Hall–Kier alpha value is -1.36. The van der Waals surface area contributed by atoms with Crippen LogP contribution in [-0.4, -0.2) is 28.7 Å². The molecule has 4 N–H and O–H groups in total. The Labute approximate surface area is 89.4 Å². The number of rotatable bonds is 4. The fourth-order valence-corrected chi connectivity index (χ4v) is 1.11. The van der Waals surface area contributed by atoms with E-state index < -0.39 is 0 Å². The van der Waals surface area contributed by atoms with E-state index in [4.69, 9.17) is 5.73 Å². The average molecular weight is 210 g/mol. The first-order valence-electron chi connectivity index (χ1n) is 5.10. The summed E-state index contributed by atoms with van der Waals surface area (Å²) in [5, 5.41) is 9.53. The van der Waals surface area contributed by atoms with Crippen LogP contribution in [0.1, 0.15) is 42.9 Å². The second-order valence-electron chi connectivity index (χ2n) is 3.97. The molecule has 0 saturated heterocycles. The van der Waals surface area contributed by atoms with Crippen molar-refractivity contribution < 1.29 is 4.79 Å². The van der Waals surface area contributed by atoms with Gasteiger partial charge in [0.2, 0.25) is 0 Å². The highest BCUT2D eigenvalue weighted by atomic mass is 16.2. The number of hydrogen-bond donors (Lipinski definition) is 3. The van der Waals surface area contributed by atoms with Crippen LogP contribution in [0.15, 0.2) is 6.07 Å². The number of amides is 1. The Morgan fingerprint density at radius 2 is 2.27 bits per heavy atom. The van der Waals surface area contributed by atoms with Gasteiger partial charge in [0.15, 0.2) is 0 Å². The number of aromatic amines is 1. The van der Waals surface area contributed by atoms with Crippen molar-refractivity contribution in [1.82, 2.24) is 15.5 Å². The van der Waals surface area contributed by atoms with Crippen molar-refractivity contribution >= 4 is 5.91 Å².